The van der Waals surface area contributed by atoms with Gasteiger partial charge in [-0.25, -0.2) is 13.2 Å². The van der Waals surface area contributed by atoms with E-state index in [2.05, 4.69) is 0 Å². The molecule has 9 heteroatoms. The number of nitrogens with zero attached hydrogens (tertiary/aromatic N) is 3. The average Bonchev–Trinajstić information content (AvgIpc) is 2.98. The van der Waals surface area contributed by atoms with Crippen molar-refractivity contribution in [1.82, 2.24) is 14.1 Å². The molecule has 1 atom stereocenters. The second-order valence-electron chi connectivity index (χ2n) is 5.94. The van der Waals surface area contributed by atoms with Gasteiger partial charge in [-0.15, -0.1) is 0 Å². The number of morpholine rings is 1. The van der Waals surface area contributed by atoms with Gasteiger partial charge < -0.3 is 14.5 Å². The molecule has 2 heterocycles. The van der Waals surface area contributed by atoms with E-state index in [4.69, 9.17) is 16.3 Å². The number of urea groups is 1. The Balaban J connectivity index is 1.75. The molecule has 0 bridgehead atoms. The van der Waals surface area contributed by atoms with Crippen LogP contribution >= 0.6 is 11.6 Å². The normalized spacial score (nSPS) is 22.8. The Morgan fingerprint density at radius 2 is 1.83 bits per heavy atom. The van der Waals surface area contributed by atoms with Crippen LogP contribution in [0.2, 0.25) is 5.02 Å². The molecule has 0 N–H and O–H groups in total. The lowest BCUT2D eigenvalue weighted by Gasteiger charge is -2.32. The fourth-order valence-electron chi connectivity index (χ4n) is 2.88. The van der Waals surface area contributed by atoms with Crippen LogP contribution in [0.25, 0.3) is 0 Å². The van der Waals surface area contributed by atoms with Crippen LogP contribution in [-0.2, 0) is 14.8 Å². The molecule has 7 nitrogen and oxygen atoms in total. The zero-order chi connectivity index (χ0) is 17.3. The van der Waals surface area contributed by atoms with Gasteiger partial charge in [-0.3, -0.25) is 0 Å². The molecule has 0 spiro atoms. The van der Waals surface area contributed by atoms with E-state index in [1.807, 2.05) is 6.92 Å². The zero-order valence-corrected chi connectivity index (χ0v) is 15.0. The molecule has 0 radical (unpaired) electrons. The lowest BCUT2D eigenvalue weighted by atomic mass is 10.3. The van der Waals surface area contributed by atoms with Gasteiger partial charge in [0.15, 0.2) is 0 Å². The molecule has 132 valence electrons. The number of hydrogen-bond acceptors (Lipinski definition) is 4. The van der Waals surface area contributed by atoms with E-state index >= 15 is 0 Å². The molecule has 2 aliphatic heterocycles. The van der Waals surface area contributed by atoms with Gasteiger partial charge in [-0.2, -0.15) is 4.31 Å². The highest BCUT2D eigenvalue weighted by molar-refractivity contribution is 7.89. The van der Waals surface area contributed by atoms with Gasteiger partial charge in [0.1, 0.15) is 0 Å². The van der Waals surface area contributed by atoms with E-state index in [0.717, 1.165) is 0 Å². The summed E-state index contributed by atoms with van der Waals surface area (Å²) in [5.74, 6) is 0. The molecular formula is C15H20ClN3O4S. The predicted octanol–water partition coefficient (Wildman–Crippen LogP) is 1.44. The highest BCUT2D eigenvalue weighted by Gasteiger charge is 2.39. The fraction of sp³-hybridized carbons (Fsp3) is 0.533. The fourth-order valence-corrected chi connectivity index (χ4v) is 4.47. The van der Waals surface area contributed by atoms with Crippen LogP contribution in [0.1, 0.15) is 6.92 Å². The summed E-state index contributed by atoms with van der Waals surface area (Å²) in [5.41, 5.74) is 0. The van der Waals surface area contributed by atoms with Crippen LogP contribution in [-0.4, -0.2) is 74.1 Å². The van der Waals surface area contributed by atoms with E-state index in [-0.39, 0.29) is 30.2 Å². The lowest BCUT2D eigenvalue weighted by Crippen LogP contribution is -2.49. The zero-order valence-electron chi connectivity index (χ0n) is 13.4. The molecule has 0 aromatic heterocycles. The summed E-state index contributed by atoms with van der Waals surface area (Å²) in [6.45, 7) is 4.29. The number of halogens is 1. The third kappa shape index (κ3) is 3.37. The number of carbonyl (C=O) groups is 1. The standard InChI is InChI=1S/C15H20ClN3O4S/c1-12-10-18(24(21,22)14-4-2-13(16)3-5-14)11-19(12)15(20)17-6-8-23-9-7-17/h2-5,12H,6-11H2,1H3/t12-/m0/s1. The molecule has 2 fully saturated rings. The van der Waals surface area contributed by atoms with Crippen molar-refractivity contribution in [3.63, 3.8) is 0 Å². The maximum absolute atomic E-state index is 12.7. The Labute approximate surface area is 146 Å². The van der Waals surface area contributed by atoms with Crippen molar-refractivity contribution < 1.29 is 17.9 Å². The number of rotatable bonds is 2. The summed E-state index contributed by atoms with van der Waals surface area (Å²) in [6.07, 6.45) is 0. The summed E-state index contributed by atoms with van der Waals surface area (Å²) in [5, 5.41) is 0.480. The second kappa shape index (κ2) is 6.87. The van der Waals surface area contributed by atoms with Gasteiger partial charge in [0.05, 0.1) is 24.8 Å². The number of carbonyl (C=O) groups excluding carboxylic acids is 1. The van der Waals surface area contributed by atoms with E-state index in [9.17, 15) is 13.2 Å². The molecule has 2 aliphatic rings. The first-order valence-electron chi connectivity index (χ1n) is 7.78. The Kier molecular flexibility index (Phi) is 5.00. The van der Waals surface area contributed by atoms with Crippen molar-refractivity contribution in [1.29, 1.82) is 0 Å². The minimum absolute atomic E-state index is 0.0579. The highest BCUT2D eigenvalue weighted by atomic mass is 35.5. The first kappa shape index (κ1) is 17.5. The van der Waals surface area contributed by atoms with Gasteiger partial charge in [-0.05, 0) is 31.2 Å². The van der Waals surface area contributed by atoms with Gasteiger partial charge in [0, 0.05) is 30.7 Å². The Bertz CT molecular complexity index is 704. The van der Waals surface area contributed by atoms with Crippen molar-refractivity contribution in [2.24, 2.45) is 0 Å². The molecule has 24 heavy (non-hydrogen) atoms. The van der Waals surface area contributed by atoms with Crippen molar-refractivity contribution in [2.45, 2.75) is 17.9 Å². The smallest absolute Gasteiger partial charge is 0.321 e. The van der Waals surface area contributed by atoms with E-state index in [0.29, 0.717) is 31.3 Å². The predicted molar refractivity (Wildman–Crippen MR) is 89.3 cm³/mol. The molecule has 0 unspecified atom stereocenters. The maximum Gasteiger partial charge on any atom is 0.321 e. The van der Waals surface area contributed by atoms with Crippen molar-refractivity contribution in [3.05, 3.63) is 29.3 Å². The number of benzene rings is 1. The molecular weight excluding hydrogens is 354 g/mol. The van der Waals surface area contributed by atoms with Gasteiger partial charge in [0.25, 0.3) is 0 Å². The van der Waals surface area contributed by atoms with Crippen LogP contribution < -0.4 is 0 Å². The maximum atomic E-state index is 12.7. The second-order valence-corrected chi connectivity index (χ2v) is 8.31. The van der Waals surface area contributed by atoms with Crippen LogP contribution in [0.5, 0.6) is 0 Å². The van der Waals surface area contributed by atoms with Crippen LogP contribution in [0, 0.1) is 0 Å². The average molecular weight is 374 g/mol. The molecule has 0 saturated carbocycles. The number of amides is 2. The summed E-state index contributed by atoms with van der Waals surface area (Å²) in [6, 6.07) is 5.74. The Hall–Kier alpha value is -1.35. The third-order valence-corrected chi connectivity index (χ3v) is 6.35. The summed E-state index contributed by atoms with van der Waals surface area (Å²) in [7, 11) is -3.65. The van der Waals surface area contributed by atoms with Crippen LogP contribution in [0.15, 0.2) is 29.2 Å². The van der Waals surface area contributed by atoms with Crippen molar-refractivity contribution in [2.75, 3.05) is 39.5 Å². The first-order valence-corrected chi connectivity index (χ1v) is 9.60. The topological polar surface area (TPSA) is 70.2 Å². The number of ether oxygens (including phenoxy) is 1. The monoisotopic (exact) mass is 373 g/mol. The number of hydrogen-bond donors (Lipinski definition) is 0. The molecule has 0 aliphatic carbocycles. The summed E-state index contributed by atoms with van der Waals surface area (Å²) >= 11 is 5.82. The van der Waals surface area contributed by atoms with E-state index in [1.165, 1.54) is 16.4 Å². The summed E-state index contributed by atoms with van der Waals surface area (Å²) < 4.78 is 32.1. The van der Waals surface area contributed by atoms with E-state index in [1.54, 1.807) is 21.9 Å². The molecule has 2 amide bonds. The lowest BCUT2D eigenvalue weighted by molar-refractivity contribution is 0.0424. The SMILES string of the molecule is C[C@H]1CN(S(=O)(=O)c2ccc(Cl)cc2)CN1C(=O)N1CCOCC1. The van der Waals surface area contributed by atoms with Gasteiger partial charge in [0.2, 0.25) is 10.0 Å². The van der Waals surface area contributed by atoms with Crippen molar-refractivity contribution >= 4 is 27.7 Å². The van der Waals surface area contributed by atoms with Crippen LogP contribution in [0.4, 0.5) is 4.79 Å². The Morgan fingerprint density at radius 3 is 2.46 bits per heavy atom. The first-order chi connectivity index (χ1) is 11.4. The van der Waals surface area contributed by atoms with Gasteiger partial charge >= 0.3 is 6.03 Å². The molecule has 1 aromatic rings. The van der Waals surface area contributed by atoms with Crippen LogP contribution in [0.3, 0.4) is 0 Å². The van der Waals surface area contributed by atoms with Crippen molar-refractivity contribution in [3.8, 4) is 0 Å². The number of sulfonamides is 1. The minimum Gasteiger partial charge on any atom is -0.378 e. The Morgan fingerprint density at radius 1 is 1.21 bits per heavy atom. The highest BCUT2D eigenvalue weighted by Crippen LogP contribution is 2.24. The molecule has 2 saturated heterocycles. The quantitative estimate of drug-likeness (QED) is 0.786. The molecule has 1 aromatic carbocycles. The largest absolute Gasteiger partial charge is 0.378 e. The van der Waals surface area contributed by atoms with Gasteiger partial charge in [-0.1, -0.05) is 11.6 Å². The molecule has 3 rings (SSSR count). The minimum atomic E-state index is -3.65. The summed E-state index contributed by atoms with van der Waals surface area (Å²) in [4.78, 5) is 16.1. The third-order valence-electron chi connectivity index (χ3n) is 4.29. The van der Waals surface area contributed by atoms with E-state index < -0.39 is 10.0 Å².